The molecule has 0 aliphatic rings. The molecule has 0 aromatic heterocycles. The minimum atomic E-state index is -3.93. The summed E-state index contributed by atoms with van der Waals surface area (Å²) >= 11 is 11.6. The number of benzene rings is 1. The Morgan fingerprint density at radius 2 is 1.82 bits per heavy atom. The number of carbonyl (C=O) groups is 1. The van der Waals surface area contributed by atoms with Gasteiger partial charge in [-0.05, 0) is 12.1 Å². The predicted molar refractivity (Wildman–Crippen MR) is 65.5 cm³/mol. The molecule has 0 spiro atoms. The number of primary amides is 1. The van der Waals surface area contributed by atoms with Crippen molar-refractivity contribution in [1.29, 1.82) is 0 Å². The zero-order valence-corrected chi connectivity index (χ0v) is 11.2. The second-order valence-electron chi connectivity index (χ2n) is 3.28. The van der Waals surface area contributed by atoms with Gasteiger partial charge in [-0.3, -0.25) is 4.79 Å². The first-order valence-electron chi connectivity index (χ1n) is 4.45. The normalized spacial score (nSPS) is 11.8. The summed E-state index contributed by atoms with van der Waals surface area (Å²) in [4.78, 5) is 10.5. The molecule has 1 aromatic rings. The van der Waals surface area contributed by atoms with Crippen LogP contribution in [0.4, 0.5) is 0 Å². The van der Waals surface area contributed by atoms with Gasteiger partial charge in [0, 0.05) is 7.05 Å². The quantitative estimate of drug-likeness (QED) is 0.903. The molecule has 0 aliphatic heterocycles. The lowest BCUT2D eigenvalue weighted by Gasteiger charge is -2.17. The standard InChI is InChI=1S/C9H10Cl2N2O3S/c1-13(5-8(12)14)17(15,16)9-6(10)3-2-4-7(9)11/h2-4H,5H2,1H3,(H2,12,14). The SMILES string of the molecule is CN(CC(N)=O)S(=O)(=O)c1c(Cl)cccc1Cl. The Kier molecular flexibility index (Phi) is 4.37. The fourth-order valence-corrected chi connectivity index (χ4v) is 3.41. The highest BCUT2D eigenvalue weighted by molar-refractivity contribution is 7.89. The van der Waals surface area contributed by atoms with E-state index in [9.17, 15) is 13.2 Å². The van der Waals surface area contributed by atoms with Gasteiger partial charge in [0.05, 0.1) is 16.6 Å². The van der Waals surface area contributed by atoms with Crippen LogP contribution in [0.5, 0.6) is 0 Å². The lowest BCUT2D eigenvalue weighted by molar-refractivity contribution is -0.118. The number of likely N-dealkylation sites (N-methyl/N-ethyl adjacent to an activating group) is 1. The number of hydrogen-bond acceptors (Lipinski definition) is 3. The maximum Gasteiger partial charge on any atom is 0.246 e. The summed E-state index contributed by atoms with van der Waals surface area (Å²) < 4.78 is 24.9. The van der Waals surface area contributed by atoms with Crippen molar-refractivity contribution in [3.05, 3.63) is 28.2 Å². The van der Waals surface area contributed by atoms with E-state index in [1.807, 2.05) is 0 Å². The van der Waals surface area contributed by atoms with E-state index in [4.69, 9.17) is 28.9 Å². The molecule has 0 saturated carbocycles. The second kappa shape index (κ2) is 5.22. The topological polar surface area (TPSA) is 80.5 Å². The third-order valence-corrected chi connectivity index (χ3v) is 4.73. The van der Waals surface area contributed by atoms with Crippen LogP contribution >= 0.6 is 23.2 Å². The third-order valence-electron chi connectivity index (χ3n) is 1.97. The Labute approximate surface area is 109 Å². The zero-order chi connectivity index (χ0) is 13.2. The highest BCUT2D eigenvalue weighted by atomic mass is 35.5. The number of amides is 1. The Hall–Kier alpha value is -0.820. The van der Waals surface area contributed by atoms with Gasteiger partial charge in [0.2, 0.25) is 15.9 Å². The van der Waals surface area contributed by atoms with Crippen LogP contribution in [-0.4, -0.2) is 32.2 Å². The number of rotatable bonds is 4. The summed E-state index contributed by atoms with van der Waals surface area (Å²) in [6, 6.07) is 4.33. The van der Waals surface area contributed by atoms with E-state index >= 15 is 0 Å². The number of nitrogens with zero attached hydrogens (tertiary/aromatic N) is 1. The van der Waals surface area contributed by atoms with Crippen LogP contribution < -0.4 is 5.73 Å². The highest BCUT2D eigenvalue weighted by Crippen LogP contribution is 2.30. The van der Waals surface area contributed by atoms with Crippen LogP contribution in [0, 0.1) is 0 Å². The molecule has 0 unspecified atom stereocenters. The van der Waals surface area contributed by atoms with E-state index in [1.165, 1.54) is 25.2 Å². The minimum absolute atomic E-state index is 0.00572. The lowest BCUT2D eigenvalue weighted by Crippen LogP contribution is -2.35. The van der Waals surface area contributed by atoms with Crippen LogP contribution in [0.15, 0.2) is 23.1 Å². The van der Waals surface area contributed by atoms with Crippen molar-refractivity contribution in [2.45, 2.75) is 4.90 Å². The smallest absolute Gasteiger partial charge is 0.246 e. The largest absolute Gasteiger partial charge is 0.369 e. The van der Waals surface area contributed by atoms with Gasteiger partial charge < -0.3 is 5.73 Å². The molecule has 1 rings (SSSR count). The molecule has 0 aliphatic carbocycles. The molecular weight excluding hydrogens is 287 g/mol. The molecule has 8 heteroatoms. The summed E-state index contributed by atoms with van der Waals surface area (Å²) in [5.41, 5.74) is 4.93. The molecule has 94 valence electrons. The second-order valence-corrected chi connectivity index (χ2v) is 6.07. The molecule has 1 aromatic carbocycles. The summed E-state index contributed by atoms with van der Waals surface area (Å²) in [7, 11) is -2.70. The molecule has 2 N–H and O–H groups in total. The predicted octanol–water partition coefficient (Wildman–Crippen LogP) is 1.10. The molecular formula is C9H10Cl2N2O3S. The average molecular weight is 297 g/mol. The zero-order valence-electron chi connectivity index (χ0n) is 8.85. The monoisotopic (exact) mass is 296 g/mol. The van der Waals surface area contributed by atoms with Gasteiger partial charge in [-0.15, -0.1) is 0 Å². The van der Waals surface area contributed by atoms with E-state index in [2.05, 4.69) is 0 Å². The van der Waals surface area contributed by atoms with Gasteiger partial charge in [0.25, 0.3) is 0 Å². The van der Waals surface area contributed by atoms with Crippen LogP contribution in [0.2, 0.25) is 10.0 Å². The number of carbonyl (C=O) groups excluding carboxylic acids is 1. The Bertz CT molecular complexity index is 525. The molecule has 17 heavy (non-hydrogen) atoms. The summed E-state index contributed by atoms with van der Waals surface area (Å²) in [6.45, 7) is -0.441. The average Bonchev–Trinajstić information content (AvgIpc) is 2.15. The molecule has 0 radical (unpaired) electrons. The van der Waals surface area contributed by atoms with Gasteiger partial charge in [0.15, 0.2) is 0 Å². The van der Waals surface area contributed by atoms with Gasteiger partial charge in [-0.2, -0.15) is 4.31 Å². The lowest BCUT2D eigenvalue weighted by atomic mass is 10.4. The first-order chi connectivity index (χ1) is 7.76. The van der Waals surface area contributed by atoms with Gasteiger partial charge >= 0.3 is 0 Å². The molecule has 0 atom stereocenters. The van der Waals surface area contributed by atoms with Crippen LogP contribution in [0.25, 0.3) is 0 Å². The van der Waals surface area contributed by atoms with E-state index in [-0.39, 0.29) is 14.9 Å². The van der Waals surface area contributed by atoms with E-state index in [0.29, 0.717) is 0 Å². The van der Waals surface area contributed by atoms with Crippen molar-refractivity contribution >= 4 is 39.1 Å². The van der Waals surface area contributed by atoms with E-state index in [1.54, 1.807) is 0 Å². The van der Waals surface area contributed by atoms with Crippen LogP contribution in [0.1, 0.15) is 0 Å². The fraction of sp³-hybridized carbons (Fsp3) is 0.222. The molecule has 1 amide bonds. The van der Waals surface area contributed by atoms with Crippen LogP contribution in [-0.2, 0) is 14.8 Å². The maximum atomic E-state index is 12.1. The van der Waals surface area contributed by atoms with E-state index < -0.39 is 22.5 Å². The summed E-state index contributed by atoms with van der Waals surface area (Å²) in [6.07, 6.45) is 0. The maximum absolute atomic E-state index is 12.1. The Morgan fingerprint density at radius 1 is 1.35 bits per heavy atom. The van der Waals surface area contributed by atoms with Crippen molar-refractivity contribution in [2.75, 3.05) is 13.6 Å². The van der Waals surface area contributed by atoms with Crippen molar-refractivity contribution < 1.29 is 13.2 Å². The number of sulfonamides is 1. The summed E-state index contributed by atoms with van der Waals surface area (Å²) in [5, 5.41) is -0.0114. The summed E-state index contributed by atoms with van der Waals surface area (Å²) in [5.74, 6) is -0.765. The minimum Gasteiger partial charge on any atom is -0.369 e. The number of halogens is 2. The highest BCUT2D eigenvalue weighted by Gasteiger charge is 2.27. The van der Waals surface area contributed by atoms with Crippen molar-refractivity contribution in [1.82, 2.24) is 4.31 Å². The molecule has 0 bridgehead atoms. The van der Waals surface area contributed by atoms with Crippen molar-refractivity contribution in [3.8, 4) is 0 Å². The number of nitrogens with two attached hydrogens (primary N) is 1. The van der Waals surface area contributed by atoms with E-state index in [0.717, 1.165) is 4.31 Å². The fourth-order valence-electron chi connectivity index (χ4n) is 1.19. The molecule has 5 nitrogen and oxygen atoms in total. The van der Waals surface area contributed by atoms with Crippen molar-refractivity contribution in [3.63, 3.8) is 0 Å². The van der Waals surface area contributed by atoms with Crippen LogP contribution in [0.3, 0.4) is 0 Å². The molecule has 0 heterocycles. The Morgan fingerprint density at radius 3 is 2.24 bits per heavy atom. The number of hydrogen-bond donors (Lipinski definition) is 1. The van der Waals surface area contributed by atoms with Gasteiger partial charge in [-0.25, -0.2) is 8.42 Å². The third kappa shape index (κ3) is 3.10. The first kappa shape index (κ1) is 14.2. The molecule has 0 fully saturated rings. The van der Waals surface area contributed by atoms with Gasteiger partial charge in [0.1, 0.15) is 4.90 Å². The first-order valence-corrected chi connectivity index (χ1v) is 6.65. The Balaban J connectivity index is 3.27. The van der Waals surface area contributed by atoms with Gasteiger partial charge in [-0.1, -0.05) is 29.3 Å². The molecule has 0 saturated heterocycles. The van der Waals surface area contributed by atoms with Crippen molar-refractivity contribution in [2.24, 2.45) is 5.73 Å².